The van der Waals surface area contributed by atoms with Crippen LogP contribution >= 0.6 is 11.6 Å². The molecule has 1 aliphatic rings. The molecule has 0 radical (unpaired) electrons. The van der Waals surface area contributed by atoms with Crippen LogP contribution in [0.15, 0.2) is 35.5 Å². The van der Waals surface area contributed by atoms with E-state index in [9.17, 15) is 13.9 Å². The highest BCUT2D eigenvalue weighted by Gasteiger charge is 2.33. The van der Waals surface area contributed by atoms with E-state index >= 15 is 0 Å². The molecule has 188 valence electrons. The highest BCUT2D eigenvalue weighted by molar-refractivity contribution is 6.45. The maximum Gasteiger partial charge on any atom is 0.159 e. The first-order chi connectivity index (χ1) is 16.0. The van der Waals surface area contributed by atoms with Crippen molar-refractivity contribution in [3.8, 4) is 0 Å². The summed E-state index contributed by atoms with van der Waals surface area (Å²) in [6.07, 6.45) is 4.77. The molecule has 0 saturated carbocycles. The first-order valence-electron chi connectivity index (χ1n) is 11.1. The Hall–Kier alpha value is -2.10. The van der Waals surface area contributed by atoms with Gasteiger partial charge in [-0.15, -0.1) is 0 Å². The lowest BCUT2D eigenvalue weighted by atomic mass is 10.0. The molecular weight excluding hydrogens is 466 g/mol. The summed E-state index contributed by atoms with van der Waals surface area (Å²) in [5.74, 6) is -2.90. The van der Waals surface area contributed by atoms with Gasteiger partial charge >= 0.3 is 0 Å². The van der Waals surface area contributed by atoms with Crippen LogP contribution in [-0.4, -0.2) is 40.0 Å². The lowest BCUT2D eigenvalue weighted by molar-refractivity contribution is -0.155. The molecule has 0 spiro atoms. The van der Waals surface area contributed by atoms with Crippen molar-refractivity contribution in [1.82, 2.24) is 4.57 Å². The van der Waals surface area contributed by atoms with Gasteiger partial charge in [-0.3, -0.25) is 0 Å². The zero-order chi connectivity index (χ0) is 25.5. The second-order valence-electron chi connectivity index (χ2n) is 8.45. The Morgan fingerprint density at radius 2 is 2.03 bits per heavy atom. The van der Waals surface area contributed by atoms with Crippen molar-refractivity contribution in [1.29, 1.82) is 0 Å². The van der Waals surface area contributed by atoms with Crippen LogP contribution in [0.1, 0.15) is 64.3 Å². The maximum atomic E-state index is 13.4. The third-order valence-electron chi connectivity index (χ3n) is 5.35. The van der Waals surface area contributed by atoms with Crippen molar-refractivity contribution >= 4 is 29.6 Å². The van der Waals surface area contributed by atoms with E-state index in [0.717, 1.165) is 30.2 Å². The van der Waals surface area contributed by atoms with E-state index in [-0.39, 0.29) is 11.8 Å². The van der Waals surface area contributed by atoms with Crippen molar-refractivity contribution in [2.75, 3.05) is 7.11 Å². The first-order valence-corrected chi connectivity index (χ1v) is 11.5. The van der Waals surface area contributed by atoms with Gasteiger partial charge < -0.3 is 24.3 Å². The van der Waals surface area contributed by atoms with Crippen molar-refractivity contribution in [2.45, 2.75) is 70.7 Å². The average Bonchev–Trinajstić information content (AvgIpc) is 3.42. The maximum absolute atomic E-state index is 13.4. The third kappa shape index (κ3) is 7.71. The number of hydrogen-bond acceptors (Lipinski definition) is 5. The Labute approximate surface area is 203 Å². The van der Waals surface area contributed by atoms with Crippen LogP contribution in [0, 0.1) is 11.6 Å². The summed E-state index contributed by atoms with van der Waals surface area (Å²) in [6, 6.07) is 5.20. The molecule has 1 aromatic heterocycles. The number of nitrogens with zero attached hydrogens (tertiary/aromatic N) is 2. The highest BCUT2D eigenvalue weighted by atomic mass is 35.5. The van der Waals surface area contributed by atoms with Crippen molar-refractivity contribution in [3.05, 3.63) is 58.2 Å². The molecule has 3 rings (SSSR count). The van der Waals surface area contributed by atoms with Crippen LogP contribution in [0.4, 0.5) is 8.78 Å². The largest absolute Gasteiger partial charge is 0.386 e. The van der Waals surface area contributed by atoms with E-state index in [1.54, 1.807) is 20.1 Å². The van der Waals surface area contributed by atoms with Crippen LogP contribution < -0.4 is 10.6 Å². The van der Waals surface area contributed by atoms with Crippen LogP contribution in [0.25, 0.3) is 11.7 Å². The van der Waals surface area contributed by atoms with Crippen LogP contribution in [0.2, 0.25) is 0 Å². The summed E-state index contributed by atoms with van der Waals surface area (Å²) in [4.78, 5) is 4.24. The minimum absolute atomic E-state index is 0.286. The molecule has 1 aliphatic heterocycles. The van der Waals surface area contributed by atoms with Crippen molar-refractivity contribution in [3.63, 3.8) is 0 Å². The number of methoxy groups -OCH3 is 1. The fourth-order valence-electron chi connectivity index (χ4n) is 3.27. The fourth-order valence-corrected chi connectivity index (χ4v) is 3.51. The lowest BCUT2D eigenvalue weighted by Gasteiger charge is -2.20. The normalized spacial score (nSPS) is 20.3. The van der Waals surface area contributed by atoms with Gasteiger partial charge in [0.15, 0.2) is 17.4 Å². The monoisotopic (exact) mass is 498 g/mol. The van der Waals surface area contributed by atoms with E-state index < -0.39 is 29.6 Å². The average molecular weight is 499 g/mol. The van der Waals surface area contributed by atoms with Crippen LogP contribution in [0.3, 0.4) is 0 Å². The number of aliphatic hydroxyl groups is 2. The minimum atomic E-state index is -1.04. The van der Waals surface area contributed by atoms with E-state index in [0.29, 0.717) is 23.3 Å². The third-order valence-corrected chi connectivity index (χ3v) is 5.65. The number of halogens is 3. The van der Waals surface area contributed by atoms with Gasteiger partial charge in [-0.25, -0.2) is 13.8 Å². The first kappa shape index (κ1) is 28.1. The topological polar surface area (TPSA) is 76.2 Å². The van der Waals surface area contributed by atoms with Gasteiger partial charge in [0.1, 0.15) is 17.5 Å². The molecule has 6 nitrogen and oxygen atoms in total. The number of aliphatic hydroxyl groups excluding tert-OH is 1. The van der Waals surface area contributed by atoms with Gasteiger partial charge in [0, 0.05) is 30.1 Å². The summed E-state index contributed by atoms with van der Waals surface area (Å²) >= 11 is 6.27. The second kappa shape index (κ2) is 12.6. The number of benzene rings is 1. The van der Waals surface area contributed by atoms with Gasteiger partial charge in [-0.05, 0) is 56.9 Å². The standard InChI is InChI=1S/C21H23ClF2N2O2.C4H10O2/c1-3-4-10-25-21(22)15-9-11-26(13(15)2)19-8-7-18(28-19)20(27)14-5-6-16(23)17(24)12-14;1-4(2,5)6-3/h5-6,9-12,18-20,27H,2-4,7-8H2,1H3;5H,1-3H3/b21-15-,25-10-;. The Morgan fingerprint density at radius 1 is 1.35 bits per heavy atom. The predicted octanol–water partition coefficient (Wildman–Crippen LogP) is 4.12. The van der Waals surface area contributed by atoms with Crippen molar-refractivity contribution < 1.29 is 28.5 Å². The summed E-state index contributed by atoms with van der Waals surface area (Å²) < 4.78 is 38.9. The fraction of sp³-hybridized carbons (Fsp3) is 0.480. The van der Waals surface area contributed by atoms with Gasteiger partial charge in [0.25, 0.3) is 0 Å². The zero-order valence-electron chi connectivity index (χ0n) is 20.0. The number of aromatic nitrogens is 1. The smallest absolute Gasteiger partial charge is 0.159 e. The SMILES string of the molecule is C=c1/c(=C(Cl)\N=C/CCC)ccn1C1CCC(C(O)c2ccc(F)c(F)c2)O1.COC(C)(C)O. The van der Waals surface area contributed by atoms with Crippen LogP contribution in [-0.2, 0) is 9.47 Å². The summed E-state index contributed by atoms with van der Waals surface area (Å²) in [7, 11) is 1.46. The minimum Gasteiger partial charge on any atom is -0.386 e. The zero-order valence-corrected chi connectivity index (χ0v) is 20.7. The molecule has 34 heavy (non-hydrogen) atoms. The summed E-state index contributed by atoms with van der Waals surface area (Å²) in [6.45, 7) is 9.29. The van der Waals surface area contributed by atoms with Crippen LogP contribution in [0.5, 0.6) is 0 Å². The molecule has 1 fully saturated rings. The molecule has 2 heterocycles. The number of aliphatic imine (C=N–C) groups is 1. The van der Waals surface area contributed by atoms with E-state index in [4.69, 9.17) is 21.4 Å². The van der Waals surface area contributed by atoms with Gasteiger partial charge in [-0.2, -0.15) is 0 Å². The molecule has 0 amide bonds. The molecule has 9 heteroatoms. The molecule has 0 aliphatic carbocycles. The Kier molecular flexibility index (Phi) is 10.4. The lowest BCUT2D eigenvalue weighted by Crippen LogP contribution is -2.31. The van der Waals surface area contributed by atoms with Gasteiger partial charge in [-0.1, -0.05) is 37.6 Å². The quantitative estimate of drug-likeness (QED) is 0.342. The van der Waals surface area contributed by atoms with E-state index in [1.807, 2.05) is 16.8 Å². The molecule has 3 atom stereocenters. The molecule has 0 bridgehead atoms. The molecule has 1 saturated heterocycles. The molecule has 1 aromatic carbocycles. The Bertz CT molecular complexity index is 1080. The number of ether oxygens (including phenoxy) is 2. The Morgan fingerprint density at radius 3 is 2.62 bits per heavy atom. The van der Waals surface area contributed by atoms with Crippen molar-refractivity contribution in [2.24, 2.45) is 4.99 Å². The summed E-state index contributed by atoms with van der Waals surface area (Å²) in [5, 5.41) is 20.9. The molecule has 3 unspecified atom stereocenters. The second-order valence-corrected chi connectivity index (χ2v) is 8.81. The molecule has 2 N–H and O–H groups in total. The van der Waals surface area contributed by atoms with E-state index in [2.05, 4.69) is 23.2 Å². The summed E-state index contributed by atoms with van der Waals surface area (Å²) in [5.41, 5.74) is 0.286. The van der Waals surface area contributed by atoms with Gasteiger partial charge in [0.05, 0.1) is 6.10 Å². The Balaban J connectivity index is 0.000000604. The number of hydrogen-bond donors (Lipinski definition) is 2. The number of rotatable bonds is 7. The molecule has 2 aromatic rings. The highest BCUT2D eigenvalue weighted by Crippen LogP contribution is 2.34. The molecular formula is C25H33ClF2N2O4. The predicted molar refractivity (Wildman–Crippen MR) is 130 cm³/mol. The van der Waals surface area contributed by atoms with E-state index in [1.165, 1.54) is 13.2 Å². The number of unbranched alkanes of at least 4 members (excludes halogenated alkanes) is 1. The van der Waals surface area contributed by atoms with Gasteiger partial charge in [0.2, 0.25) is 0 Å².